The lowest BCUT2D eigenvalue weighted by Crippen LogP contribution is -1.86. The lowest BCUT2D eigenvalue weighted by molar-refractivity contribution is 0.626. The van der Waals surface area contributed by atoms with E-state index in [1.54, 1.807) is 0 Å². The van der Waals surface area contributed by atoms with E-state index in [1.807, 2.05) is 6.07 Å². The third-order valence-corrected chi connectivity index (χ3v) is 2.12. The third kappa shape index (κ3) is 1.28. The van der Waals surface area contributed by atoms with Gasteiger partial charge in [-0.25, -0.2) is 4.39 Å². The van der Waals surface area contributed by atoms with Gasteiger partial charge in [0, 0.05) is 0 Å². The van der Waals surface area contributed by atoms with Crippen LogP contribution in [-0.2, 0) is 0 Å². The van der Waals surface area contributed by atoms with Crippen LogP contribution in [0.15, 0.2) is 18.2 Å². The highest BCUT2D eigenvalue weighted by molar-refractivity contribution is 5.35. The van der Waals surface area contributed by atoms with Crippen molar-refractivity contribution in [1.82, 2.24) is 0 Å². The normalized spacial score (nSPS) is 16.9. The van der Waals surface area contributed by atoms with Crippen molar-refractivity contribution in [3.63, 3.8) is 0 Å². The summed E-state index contributed by atoms with van der Waals surface area (Å²) in [5.41, 5.74) is 2.08. The molecule has 57 valence electrons. The van der Waals surface area contributed by atoms with Crippen molar-refractivity contribution in [3.05, 3.63) is 42.1 Å². The van der Waals surface area contributed by atoms with Crippen molar-refractivity contribution in [2.75, 3.05) is 0 Å². The first kappa shape index (κ1) is 6.84. The van der Waals surface area contributed by atoms with Crippen LogP contribution >= 0.6 is 0 Å². The molecule has 1 aliphatic rings. The molecule has 0 atom stereocenters. The zero-order valence-electron chi connectivity index (χ0n) is 6.31. The molecule has 0 spiro atoms. The molecule has 0 unspecified atom stereocenters. The maximum absolute atomic E-state index is 12.6. The second-order valence-electron chi connectivity index (χ2n) is 3.12. The Bertz CT molecular complexity index is 274. The molecule has 0 amide bonds. The molecule has 2 rings (SSSR count). The van der Waals surface area contributed by atoms with Crippen LogP contribution in [0.3, 0.4) is 0 Å². The van der Waals surface area contributed by atoms with Gasteiger partial charge in [-0.1, -0.05) is 6.07 Å². The van der Waals surface area contributed by atoms with E-state index >= 15 is 0 Å². The van der Waals surface area contributed by atoms with Crippen LogP contribution in [-0.4, -0.2) is 0 Å². The largest absolute Gasteiger partial charge is 0.207 e. The summed E-state index contributed by atoms with van der Waals surface area (Å²) in [6.45, 7) is 3.80. The van der Waals surface area contributed by atoms with Crippen molar-refractivity contribution in [3.8, 4) is 0 Å². The van der Waals surface area contributed by atoms with Crippen molar-refractivity contribution < 1.29 is 4.39 Å². The molecule has 11 heavy (non-hydrogen) atoms. The van der Waals surface area contributed by atoms with E-state index in [9.17, 15) is 4.39 Å². The van der Waals surface area contributed by atoms with E-state index in [-0.39, 0.29) is 5.82 Å². The second kappa shape index (κ2) is 2.33. The molecule has 1 heteroatoms. The summed E-state index contributed by atoms with van der Waals surface area (Å²) in [5.74, 6) is 0.488. The molecule has 0 nitrogen and oxygen atoms in total. The number of halogens is 1. The Kier molecular flexibility index (Phi) is 1.45. The quantitative estimate of drug-likeness (QED) is 0.576. The molecule has 0 saturated heterocycles. The fourth-order valence-corrected chi connectivity index (χ4v) is 1.37. The summed E-state index contributed by atoms with van der Waals surface area (Å²) in [6.07, 6.45) is 2.49. The van der Waals surface area contributed by atoms with Gasteiger partial charge in [-0.2, -0.15) is 0 Å². The zero-order chi connectivity index (χ0) is 7.84. The van der Waals surface area contributed by atoms with Gasteiger partial charge in [0.05, 0.1) is 0 Å². The number of rotatable bonds is 1. The van der Waals surface area contributed by atoms with Gasteiger partial charge in [0.1, 0.15) is 5.82 Å². The van der Waals surface area contributed by atoms with Gasteiger partial charge in [-0.05, 0) is 48.9 Å². The lowest BCUT2D eigenvalue weighted by atomic mass is 10.0. The number of benzene rings is 1. The van der Waals surface area contributed by atoms with Crippen LogP contribution in [0.5, 0.6) is 0 Å². The predicted molar refractivity (Wildman–Crippen MR) is 42.8 cm³/mol. The molecule has 1 aromatic carbocycles. The van der Waals surface area contributed by atoms with Crippen LogP contribution in [0.1, 0.15) is 29.9 Å². The monoisotopic (exact) mass is 149 g/mol. The molecular formula is C10H10F. The lowest BCUT2D eigenvalue weighted by Gasteiger charge is -2.01. The average molecular weight is 149 g/mol. The maximum Gasteiger partial charge on any atom is 0.123 e. The topological polar surface area (TPSA) is 0 Å². The minimum Gasteiger partial charge on any atom is -0.207 e. The molecule has 0 heterocycles. The van der Waals surface area contributed by atoms with Crippen molar-refractivity contribution in [1.29, 1.82) is 0 Å². The molecule has 1 fully saturated rings. The highest BCUT2D eigenvalue weighted by Crippen LogP contribution is 2.41. The summed E-state index contributed by atoms with van der Waals surface area (Å²) < 4.78 is 12.6. The molecule has 0 N–H and O–H groups in total. The molecule has 0 aliphatic heterocycles. The van der Waals surface area contributed by atoms with Crippen LogP contribution in [0.4, 0.5) is 4.39 Å². The molecule has 1 radical (unpaired) electrons. The average Bonchev–Trinajstić information content (AvgIpc) is 2.70. The predicted octanol–water partition coefficient (Wildman–Crippen LogP) is 2.89. The summed E-state index contributed by atoms with van der Waals surface area (Å²) in [7, 11) is 0. The van der Waals surface area contributed by atoms with E-state index < -0.39 is 0 Å². The summed E-state index contributed by atoms with van der Waals surface area (Å²) in [5, 5.41) is 0. The Morgan fingerprint density at radius 2 is 2.09 bits per heavy atom. The Hall–Kier alpha value is -0.850. The van der Waals surface area contributed by atoms with Gasteiger partial charge in [0.2, 0.25) is 0 Å². The van der Waals surface area contributed by atoms with Gasteiger partial charge in [-0.15, -0.1) is 0 Å². The molecule has 0 aromatic heterocycles. The van der Waals surface area contributed by atoms with Crippen molar-refractivity contribution in [2.24, 2.45) is 0 Å². The molecule has 1 aliphatic carbocycles. The standard InChI is InChI=1S/C10H10F/c1-7-6-9(11)4-5-10(7)8-2-3-8/h4-6,8H,1-3H2. The summed E-state index contributed by atoms with van der Waals surface area (Å²) in [4.78, 5) is 0. The first-order valence-electron chi connectivity index (χ1n) is 3.89. The molecular weight excluding hydrogens is 139 g/mol. The zero-order valence-corrected chi connectivity index (χ0v) is 6.31. The molecule has 1 aromatic rings. The molecule has 0 bridgehead atoms. The third-order valence-electron chi connectivity index (χ3n) is 2.12. The second-order valence-corrected chi connectivity index (χ2v) is 3.12. The van der Waals surface area contributed by atoms with E-state index in [2.05, 4.69) is 6.92 Å². The van der Waals surface area contributed by atoms with E-state index in [0.29, 0.717) is 5.92 Å². The smallest absolute Gasteiger partial charge is 0.123 e. The summed E-state index contributed by atoms with van der Waals surface area (Å²) >= 11 is 0. The van der Waals surface area contributed by atoms with Gasteiger partial charge < -0.3 is 0 Å². The number of hydrogen-bond acceptors (Lipinski definition) is 0. The Labute approximate surface area is 66.1 Å². The van der Waals surface area contributed by atoms with Crippen LogP contribution < -0.4 is 0 Å². The number of hydrogen-bond donors (Lipinski definition) is 0. The van der Waals surface area contributed by atoms with Gasteiger partial charge in [-0.3, -0.25) is 0 Å². The Morgan fingerprint density at radius 1 is 1.36 bits per heavy atom. The fraction of sp³-hybridized carbons (Fsp3) is 0.300. The first-order valence-corrected chi connectivity index (χ1v) is 3.89. The van der Waals surface area contributed by atoms with Gasteiger partial charge >= 0.3 is 0 Å². The van der Waals surface area contributed by atoms with Crippen LogP contribution in [0, 0.1) is 12.7 Å². The van der Waals surface area contributed by atoms with Gasteiger partial charge in [0.25, 0.3) is 0 Å². The van der Waals surface area contributed by atoms with Crippen molar-refractivity contribution >= 4 is 0 Å². The van der Waals surface area contributed by atoms with Crippen molar-refractivity contribution in [2.45, 2.75) is 18.8 Å². The maximum atomic E-state index is 12.6. The van der Waals surface area contributed by atoms with Crippen LogP contribution in [0.25, 0.3) is 0 Å². The SMILES string of the molecule is [CH2]c1cc(F)ccc1C1CC1. The van der Waals surface area contributed by atoms with E-state index in [0.717, 1.165) is 5.56 Å². The summed E-state index contributed by atoms with van der Waals surface area (Å²) in [6, 6.07) is 4.88. The minimum absolute atomic E-state index is 0.181. The highest BCUT2D eigenvalue weighted by Gasteiger charge is 2.24. The molecule has 1 saturated carbocycles. The highest BCUT2D eigenvalue weighted by atomic mass is 19.1. The Balaban J connectivity index is 2.39. The minimum atomic E-state index is -0.181. The van der Waals surface area contributed by atoms with E-state index in [4.69, 9.17) is 0 Å². The van der Waals surface area contributed by atoms with E-state index in [1.165, 1.54) is 30.5 Å². The van der Waals surface area contributed by atoms with Gasteiger partial charge in [0.15, 0.2) is 0 Å². The first-order chi connectivity index (χ1) is 5.27. The van der Waals surface area contributed by atoms with Crippen LogP contribution in [0.2, 0.25) is 0 Å². The Morgan fingerprint density at radius 3 is 2.64 bits per heavy atom. The fourth-order valence-electron chi connectivity index (χ4n) is 1.37.